The highest BCUT2D eigenvalue weighted by atomic mass is 16.4. The average molecular weight is 381 g/mol. The van der Waals surface area contributed by atoms with Gasteiger partial charge in [0.05, 0.1) is 11.8 Å². The summed E-state index contributed by atoms with van der Waals surface area (Å²) in [6, 6.07) is 11.3. The number of fused-ring (bicyclic) bond motifs is 1. The summed E-state index contributed by atoms with van der Waals surface area (Å²) in [4.78, 5) is 39.4. The normalized spacial score (nSPS) is 10.7. The van der Waals surface area contributed by atoms with E-state index in [4.69, 9.17) is 5.11 Å². The number of aryl methyl sites for hydroxylation is 2. The van der Waals surface area contributed by atoms with E-state index in [1.54, 1.807) is 12.3 Å². The van der Waals surface area contributed by atoms with Gasteiger partial charge in [-0.25, -0.2) is 4.98 Å². The number of pyridine rings is 2. The molecule has 0 saturated heterocycles. The fraction of sp³-hybridized carbons (Fsp3) is 0.200. The largest absolute Gasteiger partial charge is 0.505 e. The van der Waals surface area contributed by atoms with Gasteiger partial charge in [0, 0.05) is 30.9 Å². The number of carboxylic acid groups (broad SMARTS) is 1. The third kappa shape index (κ3) is 4.17. The number of amides is 1. The number of nitrogens with zero attached hydrogens (tertiary/aromatic N) is 2. The number of hydrogen-bond acceptors (Lipinski definition) is 5. The molecule has 2 aromatic heterocycles. The van der Waals surface area contributed by atoms with Crippen LogP contribution in [0.15, 0.2) is 53.6 Å². The van der Waals surface area contributed by atoms with E-state index in [9.17, 15) is 19.5 Å². The smallest absolute Gasteiger partial charge is 0.305 e. The van der Waals surface area contributed by atoms with Crippen LogP contribution >= 0.6 is 0 Å². The SMILES string of the molecule is O=C(O)CCNC(=O)c1ncc2ccn(CCc3ccccc3)c(=O)c2c1O. The topological polar surface area (TPSA) is 122 Å². The molecule has 28 heavy (non-hydrogen) atoms. The van der Waals surface area contributed by atoms with Crippen LogP contribution in [-0.4, -0.2) is 38.2 Å². The molecule has 0 atom stereocenters. The highest BCUT2D eigenvalue weighted by molar-refractivity contribution is 6.01. The number of carbonyl (C=O) groups excluding carboxylic acids is 1. The molecule has 0 radical (unpaired) electrons. The average Bonchev–Trinajstić information content (AvgIpc) is 2.68. The highest BCUT2D eigenvalue weighted by Gasteiger charge is 2.18. The number of rotatable bonds is 7. The Morgan fingerprint density at radius 2 is 1.89 bits per heavy atom. The molecule has 0 fully saturated rings. The van der Waals surface area contributed by atoms with E-state index in [0.29, 0.717) is 18.4 Å². The summed E-state index contributed by atoms with van der Waals surface area (Å²) >= 11 is 0. The standard InChI is InChI=1S/C20H19N3O5/c24-15(25)6-9-21-19(27)17-18(26)16-14(12-22-17)8-11-23(20(16)28)10-7-13-4-2-1-3-5-13/h1-5,8,11-12,26H,6-7,9-10H2,(H,21,27)(H,24,25). The van der Waals surface area contributed by atoms with Crippen molar-refractivity contribution in [3.63, 3.8) is 0 Å². The van der Waals surface area contributed by atoms with Crippen molar-refractivity contribution < 1.29 is 19.8 Å². The first-order valence-electron chi connectivity index (χ1n) is 8.72. The number of aliphatic carboxylic acids is 1. The molecule has 0 bridgehead atoms. The third-order valence-corrected chi connectivity index (χ3v) is 4.31. The molecule has 1 aromatic carbocycles. The lowest BCUT2D eigenvalue weighted by molar-refractivity contribution is -0.136. The van der Waals surface area contributed by atoms with Gasteiger partial charge < -0.3 is 20.1 Å². The van der Waals surface area contributed by atoms with Gasteiger partial charge in [-0.2, -0.15) is 0 Å². The van der Waals surface area contributed by atoms with E-state index in [-0.39, 0.29) is 24.0 Å². The number of aromatic nitrogens is 2. The number of carbonyl (C=O) groups is 2. The zero-order valence-corrected chi connectivity index (χ0v) is 15.0. The van der Waals surface area contributed by atoms with E-state index in [2.05, 4.69) is 10.3 Å². The van der Waals surface area contributed by atoms with Gasteiger partial charge in [0.25, 0.3) is 11.5 Å². The van der Waals surface area contributed by atoms with Crippen LogP contribution in [0.2, 0.25) is 0 Å². The minimum absolute atomic E-state index is 0.00828. The van der Waals surface area contributed by atoms with Crippen molar-refractivity contribution in [2.75, 3.05) is 6.54 Å². The van der Waals surface area contributed by atoms with Gasteiger partial charge in [-0.1, -0.05) is 30.3 Å². The summed E-state index contributed by atoms with van der Waals surface area (Å²) in [7, 11) is 0. The molecule has 0 saturated carbocycles. The zero-order chi connectivity index (χ0) is 20.1. The van der Waals surface area contributed by atoms with Crippen LogP contribution in [0.3, 0.4) is 0 Å². The number of benzene rings is 1. The predicted octanol–water partition coefficient (Wildman–Crippen LogP) is 1.55. The molecular weight excluding hydrogens is 362 g/mol. The monoisotopic (exact) mass is 381 g/mol. The first-order valence-corrected chi connectivity index (χ1v) is 8.72. The molecule has 8 heteroatoms. The number of nitrogens with one attached hydrogen (secondary N) is 1. The Morgan fingerprint density at radius 3 is 2.61 bits per heavy atom. The van der Waals surface area contributed by atoms with E-state index in [1.165, 1.54) is 10.8 Å². The molecule has 0 spiro atoms. The van der Waals surface area contributed by atoms with E-state index in [0.717, 1.165) is 5.56 Å². The second kappa shape index (κ2) is 8.34. The molecular formula is C20H19N3O5. The van der Waals surface area contributed by atoms with Gasteiger partial charge in [0.15, 0.2) is 11.4 Å². The van der Waals surface area contributed by atoms with Crippen LogP contribution < -0.4 is 10.9 Å². The Morgan fingerprint density at radius 1 is 1.14 bits per heavy atom. The Hall–Kier alpha value is -3.68. The van der Waals surface area contributed by atoms with Crippen LogP contribution in [0.5, 0.6) is 5.75 Å². The van der Waals surface area contributed by atoms with Crippen molar-refractivity contribution in [1.82, 2.24) is 14.9 Å². The zero-order valence-electron chi connectivity index (χ0n) is 15.0. The lowest BCUT2D eigenvalue weighted by Gasteiger charge is -2.10. The minimum Gasteiger partial charge on any atom is -0.505 e. The van der Waals surface area contributed by atoms with Gasteiger partial charge >= 0.3 is 5.97 Å². The van der Waals surface area contributed by atoms with Crippen LogP contribution in [0.1, 0.15) is 22.5 Å². The molecule has 3 N–H and O–H groups in total. The molecule has 0 aliphatic carbocycles. The fourth-order valence-corrected chi connectivity index (χ4v) is 2.85. The molecule has 2 heterocycles. The first-order chi connectivity index (χ1) is 13.5. The van der Waals surface area contributed by atoms with Crippen LogP contribution in [0.4, 0.5) is 0 Å². The van der Waals surface area contributed by atoms with Crippen LogP contribution in [-0.2, 0) is 17.8 Å². The van der Waals surface area contributed by atoms with E-state index in [1.807, 2.05) is 30.3 Å². The Bertz CT molecular complexity index is 1080. The molecule has 0 unspecified atom stereocenters. The highest BCUT2D eigenvalue weighted by Crippen LogP contribution is 2.23. The molecule has 3 aromatic rings. The summed E-state index contributed by atoms with van der Waals surface area (Å²) in [5, 5.41) is 21.9. The minimum atomic E-state index is -1.06. The van der Waals surface area contributed by atoms with Gasteiger partial charge in [0.1, 0.15) is 0 Å². The summed E-state index contributed by atoms with van der Waals surface area (Å²) in [5.41, 5.74) is 0.343. The van der Waals surface area contributed by atoms with Crippen molar-refractivity contribution in [3.8, 4) is 5.75 Å². The molecule has 0 aliphatic rings. The van der Waals surface area contributed by atoms with Crippen molar-refractivity contribution in [1.29, 1.82) is 0 Å². The third-order valence-electron chi connectivity index (χ3n) is 4.31. The van der Waals surface area contributed by atoms with Crippen molar-refractivity contribution >= 4 is 22.6 Å². The van der Waals surface area contributed by atoms with E-state index >= 15 is 0 Å². The van der Waals surface area contributed by atoms with Crippen LogP contribution in [0, 0.1) is 0 Å². The summed E-state index contributed by atoms with van der Waals surface area (Å²) in [5.74, 6) is -2.30. The van der Waals surface area contributed by atoms with Crippen LogP contribution in [0.25, 0.3) is 10.8 Å². The first kappa shape index (κ1) is 19.1. The lowest BCUT2D eigenvalue weighted by Crippen LogP contribution is -2.27. The Balaban J connectivity index is 1.88. The number of aromatic hydroxyl groups is 1. The maximum Gasteiger partial charge on any atom is 0.305 e. The molecule has 1 amide bonds. The number of hydrogen-bond donors (Lipinski definition) is 3. The summed E-state index contributed by atoms with van der Waals surface area (Å²) < 4.78 is 1.47. The van der Waals surface area contributed by atoms with E-state index < -0.39 is 23.2 Å². The van der Waals surface area contributed by atoms with Crippen molar-refractivity contribution in [2.24, 2.45) is 0 Å². The van der Waals surface area contributed by atoms with Crippen molar-refractivity contribution in [2.45, 2.75) is 19.4 Å². The molecule has 0 aliphatic heterocycles. The predicted molar refractivity (Wildman–Crippen MR) is 102 cm³/mol. The summed E-state index contributed by atoms with van der Waals surface area (Å²) in [6.45, 7) is 0.310. The lowest BCUT2D eigenvalue weighted by atomic mass is 10.1. The Kier molecular flexibility index (Phi) is 5.69. The maximum absolute atomic E-state index is 12.8. The maximum atomic E-state index is 12.8. The number of carboxylic acids is 1. The second-order valence-electron chi connectivity index (χ2n) is 6.24. The molecule has 8 nitrogen and oxygen atoms in total. The summed E-state index contributed by atoms with van der Waals surface area (Å²) in [6.07, 6.45) is 3.35. The molecule has 144 valence electrons. The van der Waals surface area contributed by atoms with Gasteiger partial charge in [-0.05, 0) is 18.1 Å². The van der Waals surface area contributed by atoms with Crippen molar-refractivity contribution in [3.05, 3.63) is 70.4 Å². The molecule has 3 rings (SSSR count). The van der Waals surface area contributed by atoms with Gasteiger partial charge in [0.2, 0.25) is 0 Å². The fourth-order valence-electron chi connectivity index (χ4n) is 2.85. The quantitative estimate of drug-likeness (QED) is 0.571. The van der Waals surface area contributed by atoms with Gasteiger partial charge in [-0.3, -0.25) is 14.4 Å². The van der Waals surface area contributed by atoms with Gasteiger partial charge in [-0.15, -0.1) is 0 Å². The second-order valence-corrected chi connectivity index (χ2v) is 6.24. The Labute approximate surface area is 160 Å².